The van der Waals surface area contributed by atoms with Crippen LogP contribution in [-0.4, -0.2) is 0 Å². The van der Waals surface area contributed by atoms with Gasteiger partial charge < -0.3 is 0 Å². The van der Waals surface area contributed by atoms with Crippen molar-refractivity contribution in [2.45, 2.75) is 40.5 Å². The minimum Gasteiger partial charge on any atom is -0.0998 e. The molecular formula is C16H24. The minimum atomic E-state index is 0.980. The smallest absolute Gasteiger partial charge is 0.00726 e. The molecular weight excluding hydrogens is 192 g/mol. The molecule has 1 aromatic rings. The van der Waals surface area contributed by atoms with Crippen LogP contribution < -0.4 is 0 Å². The second-order valence-corrected chi connectivity index (χ2v) is 4.08. The summed E-state index contributed by atoms with van der Waals surface area (Å²) in [5.41, 5.74) is 5.08. The first kappa shape index (κ1) is 14.7. The third-order valence-electron chi connectivity index (χ3n) is 2.03. The molecule has 0 bridgehead atoms. The topological polar surface area (TPSA) is 0 Å². The highest BCUT2D eigenvalue weighted by molar-refractivity contribution is 5.27. The van der Waals surface area contributed by atoms with E-state index in [0.717, 1.165) is 12.8 Å². The number of hydrogen-bond acceptors (Lipinski definition) is 0. The quantitative estimate of drug-likeness (QED) is 0.625. The fourth-order valence-corrected chi connectivity index (χ4v) is 1.47. The van der Waals surface area contributed by atoms with Crippen LogP contribution in [0, 0.1) is 0 Å². The van der Waals surface area contributed by atoms with Crippen LogP contribution in [-0.2, 0) is 12.8 Å². The second kappa shape index (κ2) is 7.92. The number of benzene rings is 1. The van der Waals surface area contributed by atoms with E-state index in [0.29, 0.717) is 0 Å². The van der Waals surface area contributed by atoms with Crippen molar-refractivity contribution in [3.8, 4) is 0 Å². The summed E-state index contributed by atoms with van der Waals surface area (Å²) >= 11 is 0. The van der Waals surface area contributed by atoms with Crippen molar-refractivity contribution in [1.29, 1.82) is 0 Å². The Kier molecular flexibility index (Phi) is 7.28. The zero-order valence-electron chi connectivity index (χ0n) is 11.1. The van der Waals surface area contributed by atoms with Gasteiger partial charge in [-0.1, -0.05) is 62.4 Å². The van der Waals surface area contributed by atoms with E-state index in [2.05, 4.69) is 51.3 Å². The highest BCUT2D eigenvalue weighted by Gasteiger charge is 1.95. The van der Waals surface area contributed by atoms with Crippen LogP contribution in [0.4, 0.5) is 0 Å². The van der Waals surface area contributed by atoms with Crippen LogP contribution in [0.5, 0.6) is 0 Å². The van der Waals surface area contributed by atoms with Gasteiger partial charge >= 0.3 is 0 Å². The Balaban J connectivity index is 0.00000106. The normalized spacial score (nSPS) is 9.00. The zero-order chi connectivity index (χ0) is 12.6. The molecule has 0 heterocycles. The Morgan fingerprint density at radius 2 is 1.06 bits per heavy atom. The molecule has 0 radical (unpaired) electrons. The summed E-state index contributed by atoms with van der Waals surface area (Å²) in [4.78, 5) is 0. The van der Waals surface area contributed by atoms with Crippen LogP contribution in [0.25, 0.3) is 0 Å². The van der Waals surface area contributed by atoms with Crippen molar-refractivity contribution >= 4 is 0 Å². The summed E-state index contributed by atoms with van der Waals surface area (Å²) in [6, 6.07) is 8.69. The van der Waals surface area contributed by atoms with Gasteiger partial charge in [0.2, 0.25) is 0 Å². The maximum atomic E-state index is 3.91. The molecule has 0 aliphatic carbocycles. The fraction of sp³-hybridized carbons (Fsp3) is 0.375. The van der Waals surface area contributed by atoms with Gasteiger partial charge in [0, 0.05) is 0 Å². The summed E-state index contributed by atoms with van der Waals surface area (Å²) in [5.74, 6) is 0. The lowest BCUT2D eigenvalue weighted by atomic mass is 10.0. The van der Waals surface area contributed by atoms with E-state index in [-0.39, 0.29) is 0 Å². The van der Waals surface area contributed by atoms with E-state index in [9.17, 15) is 0 Å². The van der Waals surface area contributed by atoms with Crippen LogP contribution in [0.2, 0.25) is 0 Å². The van der Waals surface area contributed by atoms with Crippen molar-refractivity contribution in [2.75, 3.05) is 0 Å². The molecule has 0 N–H and O–H groups in total. The van der Waals surface area contributed by atoms with E-state index >= 15 is 0 Å². The summed E-state index contributed by atoms with van der Waals surface area (Å²) in [7, 11) is 0. The zero-order valence-corrected chi connectivity index (χ0v) is 11.1. The Morgan fingerprint density at radius 3 is 1.25 bits per heavy atom. The minimum absolute atomic E-state index is 0.980. The third kappa shape index (κ3) is 6.23. The van der Waals surface area contributed by atoms with Gasteiger partial charge in [-0.3, -0.25) is 0 Å². The van der Waals surface area contributed by atoms with Gasteiger partial charge in [0.15, 0.2) is 0 Å². The molecule has 0 amide bonds. The van der Waals surface area contributed by atoms with Crippen molar-refractivity contribution < 1.29 is 0 Å². The molecule has 0 aliphatic rings. The van der Waals surface area contributed by atoms with Crippen LogP contribution in [0.15, 0.2) is 48.6 Å². The van der Waals surface area contributed by atoms with Crippen molar-refractivity contribution in [1.82, 2.24) is 0 Å². The Bertz CT molecular complexity index is 293. The highest BCUT2D eigenvalue weighted by Crippen LogP contribution is 2.11. The molecule has 0 fully saturated rings. The fourth-order valence-electron chi connectivity index (χ4n) is 1.47. The van der Waals surface area contributed by atoms with E-state index < -0.39 is 0 Å². The molecule has 88 valence electrons. The van der Waals surface area contributed by atoms with Gasteiger partial charge in [-0.25, -0.2) is 0 Å². The van der Waals surface area contributed by atoms with Crippen molar-refractivity contribution in [2.24, 2.45) is 0 Å². The van der Waals surface area contributed by atoms with E-state index in [4.69, 9.17) is 0 Å². The highest BCUT2D eigenvalue weighted by atomic mass is 14.0. The summed E-state index contributed by atoms with van der Waals surface area (Å²) in [6.45, 7) is 15.9. The van der Waals surface area contributed by atoms with Crippen LogP contribution in [0.3, 0.4) is 0 Å². The Hall–Kier alpha value is -1.30. The third-order valence-corrected chi connectivity index (χ3v) is 2.03. The van der Waals surface area contributed by atoms with E-state index in [1.54, 1.807) is 0 Å². The lowest BCUT2D eigenvalue weighted by molar-refractivity contribution is 1.12. The number of hydrogen-bond donors (Lipinski definition) is 0. The molecule has 0 saturated carbocycles. The van der Waals surface area contributed by atoms with Gasteiger partial charge in [-0.15, -0.1) is 0 Å². The largest absolute Gasteiger partial charge is 0.0998 e. The molecule has 0 unspecified atom stereocenters. The van der Waals surface area contributed by atoms with Crippen molar-refractivity contribution in [3.05, 3.63) is 59.7 Å². The molecule has 0 atom stereocenters. The molecule has 16 heavy (non-hydrogen) atoms. The average Bonchev–Trinajstić information content (AvgIpc) is 2.22. The van der Waals surface area contributed by atoms with Gasteiger partial charge in [0.05, 0.1) is 0 Å². The maximum absolute atomic E-state index is 3.91. The standard InChI is InChI=1S/C14H18.C2H6/c1-11(2)9-13-5-7-14(8-6-13)10-12(3)4;1-2/h5-8H,1,3,9-10H2,2,4H3;1-2H3. The molecule has 0 aromatic heterocycles. The Morgan fingerprint density at radius 1 is 0.812 bits per heavy atom. The van der Waals surface area contributed by atoms with Crippen molar-refractivity contribution in [3.63, 3.8) is 0 Å². The molecule has 0 heteroatoms. The molecule has 0 aliphatic heterocycles. The predicted octanol–water partition coefficient (Wildman–Crippen LogP) is 4.95. The second-order valence-electron chi connectivity index (χ2n) is 4.08. The summed E-state index contributed by atoms with van der Waals surface area (Å²) < 4.78 is 0. The van der Waals surface area contributed by atoms with E-state index in [1.165, 1.54) is 22.3 Å². The summed E-state index contributed by atoms with van der Waals surface area (Å²) in [5, 5.41) is 0. The van der Waals surface area contributed by atoms with Gasteiger partial charge in [0.25, 0.3) is 0 Å². The molecule has 1 aromatic carbocycles. The Labute approximate surface area is 101 Å². The molecule has 0 saturated heterocycles. The van der Waals surface area contributed by atoms with Crippen LogP contribution in [0.1, 0.15) is 38.8 Å². The first-order chi connectivity index (χ1) is 7.58. The predicted molar refractivity (Wildman–Crippen MR) is 74.8 cm³/mol. The lowest BCUT2D eigenvalue weighted by Gasteiger charge is -2.03. The number of rotatable bonds is 4. The first-order valence-electron chi connectivity index (χ1n) is 5.94. The number of allylic oxidation sites excluding steroid dienone is 2. The average molecular weight is 216 g/mol. The van der Waals surface area contributed by atoms with Gasteiger partial charge in [-0.2, -0.15) is 0 Å². The molecule has 0 spiro atoms. The van der Waals surface area contributed by atoms with Gasteiger partial charge in [0.1, 0.15) is 0 Å². The summed E-state index contributed by atoms with van der Waals surface area (Å²) in [6.07, 6.45) is 1.96. The first-order valence-corrected chi connectivity index (χ1v) is 5.94. The SMILES string of the molecule is C=C(C)Cc1ccc(CC(=C)C)cc1.CC. The maximum Gasteiger partial charge on any atom is -0.00726 e. The van der Waals surface area contributed by atoms with E-state index in [1.807, 2.05) is 13.8 Å². The molecule has 1 rings (SSSR count). The lowest BCUT2D eigenvalue weighted by Crippen LogP contribution is -1.89. The molecule has 0 nitrogen and oxygen atoms in total. The monoisotopic (exact) mass is 216 g/mol. The van der Waals surface area contributed by atoms with Crippen LogP contribution >= 0.6 is 0 Å². The van der Waals surface area contributed by atoms with Gasteiger partial charge in [-0.05, 0) is 37.8 Å².